The Labute approximate surface area is 104 Å². The Hall–Kier alpha value is -1.31. The maximum Gasteiger partial charge on any atom is 0.106 e. The van der Waals surface area contributed by atoms with E-state index in [1.807, 2.05) is 7.05 Å². The van der Waals surface area contributed by atoms with Gasteiger partial charge in [0, 0.05) is 25.7 Å². The highest BCUT2D eigenvalue weighted by molar-refractivity contribution is 5.98. The fraction of sp³-hybridized carbons (Fsp3) is 0.533. The van der Waals surface area contributed by atoms with Gasteiger partial charge in [0.1, 0.15) is 5.84 Å². The number of anilines is 1. The normalized spacial score (nSPS) is 18.1. The van der Waals surface area contributed by atoms with Gasteiger partial charge in [0.05, 0.1) is 0 Å². The fourth-order valence-corrected chi connectivity index (χ4v) is 2.75. The van der Waals surface area contributed by atoms with E-state index in [2.05, 4.69) is 47.3 Å². The molecular formula is C15H22N2. The van der Waals surface area contributed by atoms with Gasteiger partial charge in [0.25, 0.3) is 0 Å². The van der Waals surface area contributed by atoms with Crippen LogP contribution < -0.4 is 4.90 Å². The van der Waals surface area contributed by atoms with E-state index in [4.69, 9.17) is 0 Å². The maximum absolute atomic E-state index is 4.53. The molecule has 1 aromatic carbocycles. The van der Waals surface area contributed by atoms with Gasteiger partial charge in [-0.25, -0.2) is 0 Å². The lowest BCUT2D eigenvalue weighted by atomic mass is 9.88. The van der Waals surface area contributed by atoms with Crippen molar-refractivity contribution < 1.29 is 0 Å². The third-order valence-electron chi connectivity index (χ3n) is 3.69. The molecule has 2 heteroatoms. The Morgan fingerprint density at radius 2 is 1.76 bits per heavy atom. The number of benzene rings is 1. The quantitative estimate of drug-likeness (QED) is 0.558. The Bertz CT molecular complexity index is 364. The smallest absolute Gasteiger partial charge is 0.106 e. The molecule has 0 aliphatic heterocycles. The zero-order chi connectivity index (χ0) is 12.1. The molecule has 1 aliphatic rings. The highest BCUT2D eigenvalue weighted by atomic mass is 15.2. The van der Waals surface area contributed by atoms with Gasteiger partial charge in [0.2, 0.25) is 0 Å². The molecule has 0 atom stereocenters. The molecule has 1 saturated carbocycles. The van der Waals surface area contributed by atoms with Crippen LogP contribution in [0.1, 0.15) is 32.1 Å². The Kier molecular flexibility index (Phi) is 4.18. The molecule has 92 valence electrons. The van der Waals surface area contributed by atoms with Gasteiger partial charge in [-0.1, -0.05) is 37.5 Å². The first-order chi connectivity index (χ1) is 8.33. The molecule has 0 unspecified atom stereocenters. The average Bonchev–Trinajstić information content (AvgIpc) is 2.42. The Morgan fingerprint density at radius 1 is 1.12 bits per heavy atom. The van der Waals surface area contributed by atoms with Gasteiger partial charge in [-0.05, 0) is 25.0 Å². The molecule has 0 bridgehead atoms. The number of hydrogen-bond acceptors (Lipinski definition) is 1. The van der Waals surface area contributed by atoms with Crippen molar-refractivity contribution in [2.45, 2.75) is 32.1 Å². The van der Waals surface area contributed by atoms with Gasteiger partial charge in [0.15, 0.2) is 0 Å². The molecule has 1 aliphatic carbocycles. The summed E-state index contributed by atoms with van der Waals surface area (Å²) in [6, 6.07) is 10.5. The van der Waals surface area contributed by atoms with Crippen LogP contribution in [0.25, 0.3) is 0 Å². The Balaban J connectivity index is 2.13. The molecule has 0 N–H and O–H groups in total. The van der Waals surface area contributed by atoms with E-state index in [1.165, 1.54) is 43.6 Å². The minimum Gasteiger partial charge on any atom is -0.333 e. The highest BCUT2D eigenvalue weighted by Crippen LogP contribution is 2.27. The molecule has 1 aromatic rings. The summed E-state index contributed by atoms with van der Waals surface area (Å²) in [7, 11) is 4.05. The summed E-state index contributed by atoms with van der Waals surface area (Å²) in [5.74, 6) is 1.90. The second-order valence-corrected chi connectivity index (χ2v) is 4.81. The summed E-state index contributed by atoms with van der Waals surface area (Å²) in [6.45, 7) is 0. The molecule has 0 amide bonds. The van der Waals surface area contributed by atoms with E-state index in [0.717, 1.165) is 0 Å². The number of rotatable bonds is 2. The lowest BCUT2D eigenvalue weighted by Crippen LogP contribution is -2.34. The monoisotopic (exact) mass is 230 g/mol. The molecule has 1 fully saturated rings. The fourth-order valence-electron chi connectivity index (χ4n) is 2.75. The van der Waals surface area contributed by atoms with Crippen LogP contribution >= 0.6 is 0 Å². The first-order valence-corrected chi connectivity index (χ1v) is 6.58. The van der Waals surface area contributed by atoms with Gasteiger partial charge >= 0.3 is 0 Å². The number of amidine groups is 1. The van der Waals surface area contributed by atoms with E-state index in [1.54, 1.807) is 0 Å². The minimum absolute atomic E-state index is 0.652. The van der Waals surface area contributed by atoms with Crippen LogP contribution in [0.5, 0.6) is 0 Å². The second kappa shape index (κ2) is 5.85. The summed E-state index contributed by atoms with van der Waals surface area (Å²) in [5, 5.41) is 0. The standard InChI is InChI=1S/C15H22N2/c1-16-15(13-9-5-3-6-10-13)17(2)14-11-7-4-8-12-14/h4,7-8,11-13H,3,5-6,9-10H2,1-2H3/b16-15-. The van der Waals surface area contributed by atoms with E-state index in [9.17, 15) is 0 Å². The van der Waals surface area contributed by atoms with Crippen molar-refractivity contribution in [2.24, 2.45) is 10.9 Å². The van der Waals surface area contributed by atoms with E-state index >= 15 is 0 Å². The van der Waals surface area contributed by atoms with E-state index in [-0.39, 0.29) is 0 Å². The van der Waals surface area contributed by atoms with Gasteiger partial charge in [-0.15, -0.1) is 0 Å². The molecule has 0 aromatic heterocycles. The van der Waals surface area contributed by atoms with Crippen molar-refractivity contribution in [3.05, 3.63) is 30.3 Å². The van der Waals surface area contributed by atoms with E-state index < -0.39 is 0 Å². The van der Waals surface area contributed by atoms with Crippen molar-refractivity contribution in [3.8, 4) is 0 Å². The van der Waals surface area contributed by atoms with Gasteiger partial charge in [-0.3, -0.25) is 4.99 Å². The SMILES string of the molecule is C/N=C(/C1CCCCC1)N(C)c1ccccc1. The predicted octanol–water partition coefficient (Wildman–Crippen LogP) is 3.73. The molecule has 2 rings (SSSR count). The molecule has 2 nitrogen and oxygen atoms in total. The van der Waals surface area contributed by atoms with Crippen molar-refractivity contribution in [3.63, 3.8) is 0 Å². The van der Waals surface area contributed by atoms with Crippen LogP contribution in [0, 0.1) is 5.92 Å². The maximum atomic E-state index is 4.53. The van der Waals surface area contributed by atoms with E-state index in [0.29, 0.717) is 5.92 Å². The van der Waals surface area contributed by atoms with Crippen molar-refractivity contribution >= 4 is 11.5 Å². The topological polar surface area (TPSA) is 15.6 Å². The molecular weight excluding hydrogens is 208 g/mol. The summed E-state index contributed by atoms with van der Waals surface area (Å²) in [6.07, 6.45) is 6.69. The average molecular weight is 230 g/mol. The third-order valence-corrected chi connectivity index (χ3v) is 3.69. The number of para-hydroxylation sites is 1. The number of aliphatic imine (C=N–C) groups is 1. The van der Waals surface area contributed by atoms with Crippen molar-refractivity contribution in [1.29, 1.82) is 0 Å². The predicted molar refractivity (Wildman–Crippen MR) is 74.8 cm³/mol. The zero-order valence-electron chi connectivity index (χ0n) is 10.9. The van der Waals surface area contributed by atoms with Crippen LogP contribution in [0.3, 0.4) is 0 Å². The minimum atomic E-state index is 0.652. The van der Waals surface area contributed by atoms with Gasteiger partial charge in [-0.2, -0.15) is 0 Å². The lowest BCUT2D eigenvalue weighted by molar-refractivity contribution is 0.436. The first-order valence-electron chi connectivity index (χ1n) is 6.58. The molecule has 17 heavy (non-hydrogen) atoms. The van der Waals surface area contributed by atoms with Crippen LogP contribution in [0.15, 0.2) is 35.3 Å². The summed E-state index contributed by atoms with van der Waals surface area (Å²) in [4.78, 5) is 6.78. The highest BCUT2D eigenvalue weighted by Gasteiger charge is 2.22. The lowest BCUT2D eigenvalue weighted by Gasteiger charge is -2.30. The first kappa shape index (κ1) is 12.2. The van der Waals surface area contributed by atoms with Crippen LogP contribution in [0.4, 0.5) is 5.69 Å². The largest absolute Gasteiger partial charge is 0.333 e. The number of hydrogen-bond donors (Lipinski definition) is 0. The summed E-state index contributed by atoms with van der Waals surface area (Å²) >= 11 is 0. The third kappa shape index (κ3) is 2.87. The number of nitrogens with zero attached hydrogens (tertiary/aromatic N) is 2. The van der Waals surface area contributed by atoms with Gasteiger partial charge < -0.3 is 4.90 Å². The zero-order valence-corrected chi connectivity index (χ0v) is 10.9. The van der Waals surface area contributed by atoms with Crippen molar-refractivity contribution in [2.75, 3.05) is 19.0 Å². The summed E-state index contributed by atoms with van der Waals surface area (Å²) in [5.41, 5.74) is 1.23. The van der Waals surface area contributed by atoms with Crippen LogP contribution in [-0.2, 0) is 0 Å². The molecule has 0 radical (unpaired) electrons. The molecule has 0 heterocycles. The van der Waals surface area contributed by atoms with Crippen LogP contribution in [-0.4, -0.2) is 19.9 Å². The van der Waals surface area contributed by atoms with Crippen molar-refractivity contribution in [1.82, 2.24) is 0 Å². The van der Waals surface area contributed by atoms with Crippen LogP contribution in [0.2, 0.25) is 0 Å². The molecule has 0 spiro atoms. The summed E-state index contributed by atoms with van der Waals surface area (Å²) < 4.78 is 0. The second-order valence-electron chi connectivity index (χ2n) is 4.81. The Morgan fingerprint density at radius 3 is 2.35 bits per heavy atom. The molecule has 0 saturated heterocycles.